The average Bonchev–Trinajstić information content (AvgIpc) is 3.81. The number of hydrogen-bond acceptors (Lipinski definition) is 3. The van der Waals surface area contributed by atoms with Crippen LogP contribution in [0.4, 0.5) is 0 Å². The maximum absolute atomic E-state index is 10.3. The van der Waals surface area contributed by atoms with E-state index in [9.17, 15) is 5.26 Å². The highest BCUT2D eigenvalue weighted by Gasteiger charge is 2.21. The Balaban J connectivity index is 1.31. The highest BCUT2D eigenvalue weighted by Crippen LogP contribution is 2.48. The Hall–Kier alpha value is -5.73. The fraction of sp³-hybridized carbons (Fsp3) is 0. The fourth-order valence-electron chi connectivity index (χ4n) is 7.42. The Morgan fingerprint density at radius 3 is 2.09 bits per heavy atom. The van der Waals surface area contributed by atoms with Gasteiger partial charge in [-0.2, -0.15) is 5.26 Å². The van der Waals surface area contributed by atoms with Crippen molar-refractivity contribution in [1.29, 1.82) is 5.26 Å². The number of hydrogen-bond donors (Lipinski definition) is 0. The molecule has 3 aromatic heterocycles. The second-order valence-corrected chi connectivity index (χ2v) is 14.1. The SMILES string of the molecule is N#Cc1ccc(-c2cccc3sc4ccccc4c23)c2c1sc1c(-n3c4ccccc4c4ccc(-c5ccccc5)cc43)cccc12. The molecule has 0 unspecified atom stereocenters. The molecule has 0 aliphatic rings. The summed E-state index contributed by atoms with van der Waals surface area (Å²) in [5.41, 5.74) is 8.97. The predicted molar refractivity (Wildman–Crippen MR) is 202 cm³/mol. The van der Waals surface area contributed by atoms with Gasteiger partial charge in [0.05, 0.1) is 31.7 Å². The van der Waals surface area contributed by atoms with Crippen LogP contribution in [0.15, 0.2) is 146 Å². The molecule has 0 amide bonds. The van der Waals surface area contributed by atoms with E-state index in [4.69, 9.17) is 0 Å². The molecule has 2 nitrogen and oxygen atoms in total. The Bertz CT molecular complexity index is 2920. The van der Waals surface area contributed by atoms with Gasteiger partial charge in [0.1, 0.15) is 6.07 Å². The molecule has 0 radical (unpaired) electrons. The normalized spacial score (nSPS) is 11.8. The van der Waals surface area contributed by atoms with Crippen molar-refractivity contribution in [3.63, 3.8) is 0 Å². The molecule has 0 fully saturated rings. The topological polar surface area (TPSA) is 28.7 Å². The zero-order valence-electron chi connectivity index (χ0n) is 25.1. The van der Waals surface area contributed by atoms with Gasteiger partial charge in [0.25, 0.3) is 0 Å². The highest BCUT2D eigenvalue weighted by molar-refractivity contribution is 7.27. The standard InChI is InChI=1S/C43H24N2S2/c44-25-28-21-23-32(31-14-9-19-39-40(31)33-13-5-7-18-38(33)46-39)41-34-15-8-17-36(43(34)47-42(28)41)45-35-16-6-4-12-29(35)30-22-20-27(24-37(30)45)26-10-2-1-3-11-26/h1-24H. The third-order valence-electron chi connectivity index (χ3n) is 9.46. The lowest BCUT2D eigenvalue weighted by Gasteiger charge is -2.11. The number of aromatic nitrogens is 1. The van der Waals surface area contributed by atoms with Gasteiger partial charge in [0, 0.05) is 41.7 Å². The Morgan fingerprint density at radius 2 is 1.19 bits per heavy atom. The van der Waals surface area contributed by atoms with E-state index in [1.54, 1.807) is 11.3 Å². The quantitative estimate of drug-likeness (QED) is 0.190. The molecule has 7 aromatic carbocycles. The Kier molecular flexibility index (Phi) is 5.71. The van der Waals surface area contributed by atoms with Gasteiger partial charge in [-0.05, 0) is 58.7 Å². The number of nitrogens with zero attached hydrogens (tertiary/aromatic N) is 2. The number of rotatable bonds is 3. The number of benzene rings is 7. The predicted octanol–water partition coefficient (Wildman–Crippen LogP) is 12.7. The molecular formula is C43H24N2S2. The van der Waals surface area contributed by atoms with Gasteiger partial charge in [-0.3, -0.25) is 0 Å². The van der Waals surface area contributed by atoms with Crippen LogP contribution in [0.5, 0.6) is 0 Å². The Labute approximate surface area is 278 Å². The molecule has 0 N–H and O–H groups in total. The lowest BCUT2D eigenvalue weighted by Crippen LogP contribution is -1.94. The first-order chi connectivity index (χ1) is 23.3. The summed E-state index contributed by atoms with van der Waals surface area (Å²) in [5, 5.41) is 17.7. The summed E-state index contributed by atoms with van der Waals surface area (Å²) >= 11 is 3.57. The van der Waals surface area contributed by atoms with Crippen LogP contribution in [0, 0.1) is 11.3 Å². The first-order valence-electron chi connectivity index (χ1n) is 15.7. The number of nitriles is 1. The van der Waals surface area contributed by atoms with Gasteiger partial charge >= 0.3 is 0 Å². The molecule has 10 rings (SSSR count). The van der Waals surface area contributed by atoms with E-state index in [0.29, 0.717) is 5.56 Å². The van der Waals surface area contributed by atoms with Crippen molar-refractivity contribution in [3.8, 4) is 34.0 Å². The molecular weight excluding hydrogens is 609 g/mol. The summed E-state index contributed by atoms with van der Waals surface area (Å²) in [5.74, 6) is 0. The van der Waals surface area contributed by atoms with Crippen LogP contribution in [0.2, 0.25) is 0 Å². The van der Waals surface area contributed by atoms with Gasteiger partial charge in [-0.15, -0.1) is 22.7 Å². The smallest absolute Gasteiger partial charge is 0.101 e. The fourth-order valence-corrected chi connectivity index (χ4v) is 9.84. The van der Waals surface area contributed by atoms with Crippen molar-refractivity contribution in [2.75, 3.05) is 0 Å². The maximum atomic E-state index is 10.3. The molecule has 10 aromatic rings. The molecule has 0 saturated carbocycles. The van der Waals surface area contributed by atoms with Crippen LogP contribution in [0.25, 0.3) is 90.1 Å². The summed E-state index contributed by atoms with van der Waals surface area (Å²) < 4.78 is 7.21. The van der Waals surface area contributed by atoms with E-state index in [0.717, 1.165) is 15.8 Å². The van der Waals surface area contributed by atoms with Crippen LogP contribution >= 0.6 is 22.7 Å². The van der Waals surface area contributed by atoms with Crippen molar-refractivity contribution in [2.45, 2.75) is 0 Å². The zero-order chi connectivity index (χ0) is 31.1. The average molecular weight is 633 g/mol. The van der Waals surface area contributed by atoms with Crippen LogP contribution in [-0.4, -0.2) is 4.57 Å². The van der Waals surface area contributed by atoms with Crippen LogP contribution < -0.4 is 0 Å². The summed E-state index contributed by atoms with van der Waals surface area (Å²) in [4.78, 5) is 0. The summed E-state index contributed by atoms with van der Waals surface area (Å²) in [6.07, 6.45) is 0. The number of fused-ring (bicyclic) bond motifs is 9. The van der Waals surface area contributed by atoms with Crippen molar-refractivity contribution in [2.24, 2.45) is 0 Å². The van der Waals surface area contributed by atoms with Gasteiger partial charge in [-0.1, -0.05) is 109 Å². The summed E-state index contributed by atoms with van der Waals surface area (Å²) in [7, 11) is 0. The molecule has 0 spiro atoms. The second-order valence-electron chi connectivity index (χ2n) is 12.0. The second kappa shape index (κ2) is 10.1. The van der Waals surface area contributed by atoms with Crippen LogP contribution in [-0.2, 0) is 0 Å². The molecule has 0 saturated heterocycles. The lowest BCUT2D eigenvalue weighted by atomic mass is 9.94. The van der Waals surface area contributed by atoms with Crippen molar-refractivity contribution in [3.05, 3.63) is 151 Å². The third-order valence-corrected chi connectivity index (χ3v) is 11.9. The largest absolute Gasteiger partial charge is 0.308 e. The summed E-state index contributed by atoms with van der Waals surface area (Å²) in [6.45, 7) is 0. The molecule has 3 heterocycles. The lowest BCUT2D eigenvalue weighted by molar-refractivity contribution is 1.20. The van der Waals surface area contributed by atoms with Crippen LogP contribution in [0.1, 0.15) is 5.56 Å². The minimum absolute atomic E-state index is 0.715. The van der Waals surface area contributed by atoms with Crippen molar-refractivity contribution < 1.29 is 0 Å². The minimum atomic E-state index is 0.715. The van der Waals surface area contributed by atoms with Gasteiger partial charge in [0.2, 0.25) is 0 Å². The van der Waals surface area contributed by atoms with E-state index < -0.39 is 0 Å². The first-order valence-corrected chi connectivity index (χ1v) is 17.3. The zero-order valence-corrected chi connectivity index (χ0v) is 26.7. The van der Waals surface area contributed by atoms with Crippen LogP contribution in [0.3, 0.4) is 0 Å². The Morgan fingerprint density at radius 1 is 0.468 bits per heavy atom. The van der Waals surface area contributed by atoms with E-state index >= 15 is 0 Å². The van der Waals surface area contributed by atoms with E-state index in [1.807, 2.05) is 17.4 Å². The monoisotopic (exact) mass is 632 g/mol. The number of para-hydroxylation sites is 1. The van der Waals surface area contributed by atoms with E-state index in [2.05, 4.69) is 150 Å². The first kappa shape index (κ1) is 26.5. The van der Waals surface area contributed by atoms with Crippen molar-refractivity contribution in [1.82, 2.24) is 4.57 Å². The minimum Gasteiger partial charge on any atom is -0.308 e. The maximum Gasteiger partial charge on any atom is 0.101 e. The third kappa shape index (κ3) is 3.82. The molecule has 0 atom stereocenters. The summed E-state index contributed by atoms with van der Waals surface area (Å²) in [6, 6.07) is 54.7. The molecule has 0 aliphatic heterocycles. The van der Waals surface area contributed by atoms with E-state index in [-0.39, 0.29) is 0 Å². The van der Waals surface area contributed by atoms with Gasteiger partial charge in [0.15, 0.2) is 0 Å². The molecule has 218 valence electrons. The highest BCUT2D eigenvalue weighted by atomic mass is 32.1. The van der Waals surface area contributed by atoms with Gasteiger partial charge < -0.3 is 4.57 Å². The van der Waals surface area contributed by atoms with Crippen molar-refractivity contribution >= 4 is 84.8 Å². The molecule has 0 aliphatic carbocycles. The molecule has 4 heteroatoms. The van der Waals surface area contributed by atoms with Gasteiger partial charge in [-0.25, -0.2) is 0 Å². The molecule has 0 bridgehead atoms. The number of thiophene rings is 2. The molecule has 47 heavy (non-hydrogen) atoms. The van der Waals surface area contributed by atoms with E-state index in [1.165, 1.54) is 74.3 Å².